The Bertz CT molecular complexity index is 705. The third-order valence-electron chi connectivity index (χ3n) is 3.37. The summed E-state index contributed by atoms with van der Waals surface area (Å²) in [4.78, 5) is 22.9. The number of benzene rings is 1. The molecule has 1 amide bonds. The molecule has 7 heteroatoms. The van der Waals surface area contributed by atoms with Crippen LogP contribution in [-0.2, 0) is 0 Å². The van der Waals surface area contributed by atoms with Gasteiger partial charge in [-0.3, -0.25) is 4.79 Å². The van der Waals surface area contributed by atoms with E-state index in [1.165, 1.54) is 0 Å². The lowest BCUT2D eigenvalue weighted by atomic mass is 10.2. The van der Waals surface area contributed by atoms with Crippen LogP contribution < -0.4 is 10.6 Å². The van der Waals surface area contributed by atoms with Gasteiger partial charge in [0.2, 0.25) is 5.95 Å². The Balaban J connectivity index is 1.96. The molecule has 24 heavy (non-hydrogen) atoms. The molecule has 128 valence electrons. The first-order valence-electron chi connectivity index (χ1n) is 7.75. The summed E-state index contributed by atoms with van der Waals surface area (Å²) in [6, 6.07) is 7.26. The fourth-order valence-corrected chi connectivity index (χ4v) is 2.33. The number of carbonyl (C=O) groups excluding carboxylic acids is 1. The van der Waals surface area contributed by atoms with E-state index in [4.69, 9.17) is 0 Å². The molecule has 1 aromatic heterocycles. The lowest BCUT2D eigenvalue weighted by Crippen LogP contribution is -2.18. The monoisotopic (exact) mass is 391 g/mol. The zero-order valence-electron chi connectivity index (χ0n) is 14.1. The number of rotatable bonds is 7. The Morgan fingerprint density at radius 3 is 2.79 bits per heavy atom. The van der Waals surface area contributed by atoms with Crippen LogP contribution in [-0.4, -0.2) is 48.0 Å². The number of nitrogens with zero attached hydrogens (tertiary/aromatic N) is 3. The van der Waals surface area contributed by atoms with E-state index in [-0.39, 0.29) is 5.91 Å². The van der Waals surface area contributed by atoms with Crippen molar-refractivity contribution in [3.05, 3.63) is 46.2 Å². The van der Waals surface area contributed by atoms with Crippen molar-refractivity contribution in [3.63, 3.8) is 0 Å². The Morgan fingerprint density at radius 2 is 2.08 bits per heavy atom. The normalized spacial score (nSPS) is 10.7. The predicted molar refractivity (Wildman–Crippen MR) is 101 cm³/mol. The van der Waals surface area contributed by atoms with E-state index in [0.717, 1.165) is 35.2 Å². The van der Waals surface area contributed by atoms with Gasteiger partial charge >= 0.3 is 0 Å². The number of hydrogen-bond acceptors (Lipinski definition) is 5. The second kappa shape index (κ2) is 8.75. The summed E-state index contributed by atoms with van der Waals surface area (Å²) in [7, 11) is 4.07. The number of aromatic nitrogens is 2. The minimum Gasteiger partial charge on any atom is -0.354 e. The highest BCUT2D eigenvalue weighted by molar-refractivity contribution is 9.10. The average Bonchev–Trinajstić information content (AvgIpc) is 2.55. The first-order chi connectivity index (χ1) is 11.5. The van der Waals surface area contributed by atoms with Gasteiger partial charge in [-0.05, 0) is 63.8 Å². The minimum atomic E-state index is -0.254. The maximum atomic E-state index is 12.3. The average molecular weight is 392 g/mol. The molecular formula is C17H22BrN5O. The van der Waals surface area contributed by atoms with Gasteiger partial charge in [0, 0.05) is 22.9 Å². The molecule has 6 nitrogen and oxygen atoms in total. The molecule has 0 fully saturated rings. The van der Waals surface area contributed by atoms with Gasteiger partial charge in [-0.25, -0.2) is 9.97 Å². The van der Waals surface area contributed by atoms with Crippen LogP contribution in [0, 0.1) is 6.92 Å². The number of hydrogen-bond donors (Lipinski definition) is 2. The van der Waals surface area contributed by atoms with E-state index in [1.807, 2.05) is 39.2 Å². The summed E-state index contributed by atoms with van der Waals surface area (Å²) in [5.41, 5.74) is 2.12. The molecule has 1 heterocycles. The largest absolute Gasteiger partial charge is 0.354 e. The van der Waals surface area contributed by atoms with Gasteiger partial charge in [0.1, 0.15) is 5.69 Å². The van der Waals surface area contributed by atoms with Crippen LogP contribution in [0.1, 0.15) is 22.5 Å². The van der Waals surface area contributed by atoms with Crippen LogP contribution in [0.2, 0.25) is 0 Å². The van der Waals surface area contributed by atoms with Crippen LogP contribution in [0.3, 0.4) is 0 Å². The molecule has 0 radical (unpaired) electrons. The van der Waals surface area contributed by atoms with E-state index < -0.39 is 0 Å². The second-order valence-corrected chi connectivity index (χ2v) is 6.62. The van der Waals surface area contributed by atoms with Crippen molar-refractivity contribution in [2.24, 2.45) is 0 Å². The maximum Gasteiger partial charge on any atom is 0.274 e. The fourth-order valence-electron chi connectivity index (χ4n) is 2.08. The quantitative estimate of drug-likeness (QED) is 0.709. The minimum absolute atomic E-state index is 0.254. The molecule has 0 saturated heterocycles. The van der Waals surface area contributed by atoms with Gasteiger partial charge < -0.3 is 15.5 Å². The SMILES string of the molecule is Cc1cc(NC(=O)c2ccnc(NCCCN(C)C)n2)ccc1Br. The molecule has 0 aliphatic carbocycles. The number of carbonyl (C=O) groups is 1. The van der Waals surface area contributed by atoms with Crippen molar-refractivity contribution in [2.75, 3.05) is 37.8 Å². The number of halogens is 1. The second-order valence-electron chi connectivity index (χ2n) is 5.77. The highest BCUT2D eigenvalue weighted by atomic mass is 79.9. The summed E-state index contributed by atoms with van der Waals surface area (Å²) < 4.78 is 1.01. The summed E-state index contributed by atoms with van der Waals surface area (Å²) in [6.07, 6.45) is 2.56. The molecule has 0 bridgehead atoms. The molecule has 2 rings (SSSR count). The third kappa shape index (κ3) is 5.58. The van der Waals surface area contributed by atoms with Crippen LogP contribution in [0.4, 0.5) is 11.6 Å². The van der Waals surface area contributed by atoms with Crippen molar-refractivity contribution in [3.8, 4) is 0 Å². The molecule has 2 N–H and O–H groups in total. The Kier molecular flexibility index (Phi) is 6.69. The fraction of sp³-hybridized carbons (Fsp3) is 0.353. The Morgan fingerprint density at radius 1 is 1.29 bits per heavy atom. The van der Waals surface area contributed by atoms with Gasteiger partial charge in [0.05, 0.1) is 0 Å². The summed E-state index contributed by atoms with van der Waals surface area (Å²) in [5, 5.41) is 5.99. The van der Waals surface area contributed by atoms with Gasteiger partial charge in [-0.15, -0.1) is 0 Å². The van der Waals surface area contributed by atoms with E-state index in [2.05, 4.69) is 41.4 Å². The zero-order chi connectivity index (χ0) is 17.5. The molecule has 0 unspecified atom stereocenters. The molecule has 0 aliphatic rings. The summed E-state index contributed by atoms with van der Waals surface area (Å²) >= 11 is 3.44. The molecule has 0 spiro atoms. The zero-order valence-corrected chi connectivity index (χ0v) is 15.7. The van der Waals surface area contributed by atoms with Gasteiger partial charge in [0.15, 0.2) is 0 Å². The van der Waals surface area contributed by atoms with Gasteiger partial charge in [-0.2, -0.15) is 0 Å². The molecule has 0 aliphatic heterocycles. The first kappa shape index (κ1) is 18.4. The highest BCUT2D eigenvalue weighted by Gasteiger charge is 2.10. The van der Waals surface area contributed by atoms with Gasteiger partial charge in [-0.1, -0.05) is 15.9 Å². The first-order valence-corrected chi connectivity index (χ1v) is 8.54. The van der Waals surface area contributed by atoms with E-state index >= 15 is 0 Å². The molecule has 2 aromatic rings. The van der Waals surface area contributed by atoms with Crippen LogP contribution in [0.5, 0.6) is 0 Å². The van der Waals surface area contributed by atoms with Crippen LogP contribution in [0.25, 0.3) is 0 Å². The topological polar surface area (TPSA) is 70.2 Å². The Hall–Kier alpha value is -1.99. The van der Waals surface area contributed by atoms with Crippen LogP contribution >= 0.6 is 15.9 Å². The van der Waals surface area contributed by atoms with Gasteiger partial charge in [0.25, 0.3) is 5.91 Å². The number of amides is 1. The van der Waals surface area contributed by atoms with Crippen LogP contribution in [0.15, 0.2) is 34.9 Å². The molecule has 0 atom stereocenters. The number of nitrogens with one attached hydrogen (secondary N) is 2. The standard InChI is InChI=1S/C17H22BrN5O/c1-12-11-13(5-6-14(12)18)21-16(24)15-7-9-20-17(22-15)19-8-4-10-23(2)3/h5-7,9,11H,4,8,10H2,1-3H3,(H,21,24)(H,19,20,22). The van der Waals surface area contributed by atoms with E-state index in [0.29, 0.717) is 11.6 Å². The number of aryl methyl sites for hydroxylation is 1. The molecule has 0 saturated carbocycles. The third-order valence-corrected chi connectivity index (χ3v) is 4.26. The summed E-state index contributed by atoms with van der Waals surface area (Å²) in [5.74, 6) is 0.212. The highest BCUT2D eigenvalue weighted by Crippen LogP contribution is 2.20. The van der Waals surface area contributed by atoms with Crippen molar-refractivity contribution in [1.29, 1.82) is 0 Å². The van der Waals surface area contributed by atoms with Crippen molar-refractivity contribution in [2.45, 2.75) is 13.3 Å². The van der Waals surface area contributed by atoms with Crippen molar-refractivity contribution in [1.82, 2.24) is 14.9 Å². The van der Waals surface area contributed by atoms with E-state index in [9.17, 15) is 4.79 Å². The molecular weight excluding hydrogens is 370 g/mol. The number of anilines is 2. The van der Waals surface area contributed by atoms with E-state index in [1.54, 1.807) is 12.3 Å². The maximum absolute atomic E-state index is 12.3. The van der Waals surface area contributed by atoms with Crippen molar-refractivity contribution < 1.29 is 4.79 Å². The molecule has 1 aromatic carbocycles. The lowest BCUT2D eigenvalue weighted by Gasteiger charge is -2.10. The Labute approximate surface area is 150 Å². The lowest BCUT2D eigenvalue weighted by molar-refractivity contribution is 0.102. The smallest absolute Gasteiger partial charge is 0.274 e. The van der Waals surface area contributed by atoms with Crippen molar-refractivity contribution >= 4 is 33.5 Å². The predicted octanol–water partition coefficient (Wildman–Crippen LogP) is 3.16. The summed E-state index contributed by atoms with van der Waals surface area (Å²) in [6.45, 7) is 3.71.